The molecule has 2 aliphatic carbocycles. The van der Waals surface area contributed by atoms with Gasteiger partial charge in [-0.2, -0.15) is 0 Å². The van der Waals surface area contributed by atoms with Gasteiger partial charge in [-0.05, 0) is 81.8 Å². The second-order valence-electron chi connectivity index (χ2n) is 11.1. The first-order chi connectivity index (χ1) is 16.5. The van der Waals surface area contributed by atoms with Crippen LogP contribution in [0.15, 0.2) is 54.6 Å². The van der Waals surface area contributed by atoms with Gasteiger partial charge in [0.2, 0.25) is 0 Å². The van der Waals surface area contributed by atoms with Crippen molar-refractivity contribution in [2.24, 2.45) is 5.92 Å². The smallest absolute Gasteiger partial charge is 0.166 e. The summed E-state index contributed by atoms with van der Waals surface area (Å²) in [5.74, 6) is 1.61. The molecule has 1 unspecified atom stereocenters. The molecular weight excluding hydrogens is 422 g/mol. The molecule has 3 aliphatic rings. The van der Waals surface area contributed by atoms with Crippen molar-refractivity contribution in [1.29, 1.82) is 0 Å². The molecule has 2 saturated carbocycles. The van der Waals surface area contributed by atoms with Crippen LogP contribution in [-0.4, -0.2) is 66.0 Å². The fourth-order valence-corrected chi connectivity index (χ4v) is 6.65. The molecule has 5 nitrogen and oxygen atoms in total. The van der Waals surface area contributed by atoms with Crippen molar-refractivity contribution < 1.29 is 9.84 Å². The van der Waals surface area contributed by atoms with E-state index in [-0.39, 0.29) is 11.1 Å². The molecule has 2 aromatic rings. The van der Waals surface area contributed by atoms with Crippen molar-refractivity contribution in [3.8, 4) is 5.75 Å². The van der Waals surface area contributed by atoms with Crippen LogP contribution in [0.3, 0.4) is 0 Å². The minimum atomic E-state index is -0.508. The first kappa shape index (κ1) is 23.8. The molecule has 2 aromatic carbocycles. The van der Waals surface area contributed by atoms with Gasteiger partial charge in [0.05, 0.1) is 7.11 Å². The van der Waals surface area contributed by atoms with Gasteiger partial charge in [0.15, 0.2) is 6.35 Å². The summed E-state index contributed by atoms with van der Waals surface area (Å²) >= 11 is 0. The van der Waals surface area contributed by atoms with Crippen LogP contribution >= 0.6 is 0 Å². The van der Waals surface area contributed by atoms with Gasteiger partial charge in [-0.1, -0.05) is 48.9 Å². The van der Waals surface area contributed by atoms with E-state index in [0.29, 0.717) is 0 Å². The lowest BCUT2D eigenvalue weighted by atomic mass is 9.68. The summed E-state index contributed by atoms with van der Waals surface area (Å²) < 4.78 is 5.33. The molecule has 5 heteroatoms. The Balaban J connectivity index is 1.38. The highest BCUT2D eigenvalue weighted by Crippen LogP contribution is 2.50. The Kier molecular flexibility index (Phi) is 6.73. The second kappa shape index (κ2) is 9.62. The van der Waals surface area contributed by atoms with Crippen LogP contribution in [0.5, 0.6) is 5.75 Å². The molecule has 3 fully saturated rings. The third kappa shape index (κ3) is 4.28. The molecule has 1 aliphatic heterocycles. The summed E-state index contributed by atoms with van der Waals surface area (Å²) in [5.41, 5.74) is 2.77. The zero-order valence-electron chi connectivity index (χ0n) is 21.1. The van der Waals surface area contributed by atoms with Crippen LogP contribution in [0, 0.1) is 5.92 Å². The number of benzene rings is 2. The van der Waals surface area contributed by atoms with Crippen molar-refractivity contribution in [2.45, 2.75) is 68.9 Å². The number of ether oxygens (including phenoxy) is 1. The maximum atomic E-state index is 11.6. The van der Waals surface area contributed by atoms with Gasteiger partial charge in [0.1, 0.15) is 5.75 Å². The SMILES string of the molecule is COc1ccc(CN2CC3(CCC(c4ccccc4)(N(C)C)CC3)N(CC3CCC3)C2O)cc1. The summed E-state index contributed by atoms with van der Waals surface area (Å²) in [7, 11) is 6.17. The van der Waals surface area contributed by atoms with Gasteiger partial charge in [0.25, 0.3) is 0 Å². The molecule has 1 heterocycles. The average Bonchev–Trinajstić information content (AvgIpc) is 3.08. The molecule has 1 spiro atoms. The average molecular weight is 464 g/mol. The maximum Gasteiger partial charge on any atom is 0.166 e. The number of aliphatic hydroxyl groups is 1. The highest BCUT2D eigenvalue weighted by Gasteiger charge is 2.55. The quantitative estimate of drug-likeness (QED) is 0.647. The van der Waals surface area contributed by atoms with E-state index in [1.165, 1.54) is 30.4 Å². The molecule has 1 atom stereocenters. The van der Waals surface area contributed by atoms with Gasteiger partial charge in [-0.25, -0.2) is 0 Å². The van der Waals surface area contributed by atoms with Crippen molar-refractivity contribution in [2.75, 3.05) is 34.3 Å². The summed E-state index contributed by atoms with van der Waals surface area (Å²) in [5, 5.41) is 11.6. The standard InChI is InChI=1S/C29H41N3O2/c1-30(2)29(25-10-5-4-6-11-25)18-16-28(17-19-29)22-31(20-24-12-14-26(34-3)15-13-24)27(33)32(28)21-23-8-7-9-23/h4-6,10-15,23,27,33H,7-9,16-22H2,1-3H3. The van der Waals surface area contributed by atoms with Crippen molar-refractivity contribution in [3.63, 3.8) is 0 Å². The normalized spacial score (nSPS) is 30.7. The number of hydrogen-bond acceptors (Lipinski definition) is 5. The number of nitrogens with zero attached hydrogens (tertiary/aromatic N) is 3. The fourth-order valence-electron chi connectivity index (χ4n) is 6.65. The van der Waals surface area contributed by atoms with Crippen LogP contribution in [0.2, 0.25) is 0 Å². The molecular formula is C29H41N3O2. The van der Waals surface area contributed by atoms with Crippen LogP contribution in [-0.2, 0) is 12.1 Å². The van der Waals surface area contributed by atoms with E-state index in [4.69, 9.17) is 4.74 Å². The zero-order valence-corrected chi connectivity index (χ0v) is 21.1. The van der Waals surface area contributed by atoms with Gasteiger partial charge >= 0.3 is 0 Å². The van der Waals surface area contributed by atoms with Gasteiger partial charge in [-0.3, -0.25) is 14.7 Å². The Bertz CT molecular complexity index is 934. The molecule has 0 amide bonds. The first-order valence-electron chi connectivity index (χ1n) is 13.0. The van der Waals surface area contributed by atoms with Gasteiger partial charge in [0, 0.05) is 30.7 Å². The summed E-state index contributed by atoms with van der Waals surface area (Å²) in [6, 6.07) is 19.3. The lowest BCUT2D eigenvalue weighted by molar-refractivity contribution is -0.104. The predicted octanol–water partition coefficient (Wildman–Crippen LogP) is 4.66. The molecule has 0 aromatic heterocycles. The number of rotatable bonds is 7. The Labute approximate surface area is 205 Å². The maximum absolute atomic E-state index is 11.6. The Morgan fingerprint density at radius 1 is 0.971 bits per heavy atom. The highest BCUT2D eigenvalue weighted by atomic mass is 16.5. The lowest BCUT2D eigenvalue weighted by Crippen LogP contribution is -2.57. The summed E-state index contributed by atoms with van der Waals surface area (Å²) in [6.07, 6.45) is 7.92. The Morgan fingerprint density at radius 2 is 1.65 bits per heavy atom. The van der Waals surface area contributed by atoms with E-state index in [0.717, 1.165) is 57.0 Å². The van der Waals surface area contributed by atoms with Crippen LogP contribution in [0.1, 0.15) is 56.1 Å². The first-order valence-corrected chi connectivity index (χ1v) is 13.0. The van der Waals surface area contributed by atoms with E-state index in [1.54, 1.807) is 7.11 Å². The largest absolute Gasteiger partial charge is 0.497 e. The minimum Gasteiger partial charge on any atom is -0.497 e. The molecule has 1 N–H and O–H groups in total. The number of hydrogen-bond donors (Lipinski definition) is 1. The third-order valence-electron chi connectivity index (χ3n) is 9.11. The number of aliphatic hydroxyl groups excluding tert-OH is 1. The highest BCUT2D eigenvalue weighted by molar-refractivity contribution is 5.28. The number of methoxy groups -OCH3 is 1. The second-order valence-corrected chi connectivity index (χ2v) is 11.1. The van der Waals surface area contributed by atoms with Crippen LogP contribution in [0.25, 0.3) is 0 Å². The molecule has 5 rings (SSSR count). The lowest BCUT2D eigenvalue weighted by Gasteiger charge is -2.52. The van der Waals surface area contributed by atoms with E-state index in [2.05, 4.69) is 71.3 Å². The molecule has 1 saturated heterocycles. The summed E-state index contributed by atoms with van der Waals surface area (Å²) in [6.45, 7) is 2.73. The van der Waals surface area contributed by atoms with Crippen LogP contribution < -0.4 is 4.74 Å². The Hall–Kier alpha value is -1.92. The molecule has 34 heavy (non-hydrogen) atoms. The monoisotopic (exact) mass is 463 g/mol. The minimum absolute atomic E-state index is 0.0514. The van der Waals surface area contributed by atoms with E-state index in [1.807, 2.05) is 12.1 Å². The molecule has 0 bridgehead atoms. The third-order valence-corrected chi connectivity index (χ3v) is 9.11. The predicted molar refractivity (Wildman–Crippen MR) is 136 cm³/mol. The van der Waals surface area contributed by atoms with E-state index < -0.39 is 6.35 Å². The van der Waals surface area contributed by atoms with E-state index >= 15 is 0 Å². The topological polar surface area (TPSA) is 39.2 Å². The molecule has 0 radical (unpaired) electrons. The zero-order chi connectivity index (χ0) is 23.8. The van der Waals surface area contributed by atoms with Crippen LogP contribution in [0.4, 0.5) is 0 Å². The Morgan fingerprint density at radius 3 is 2.21 bits per heavy atom. The van der Waals surface area contributed by atoms with Crippen molar-refractivity contribution >= 4 is 0 Å². The fraction of sp³-hybridized carbons (Fsp3) is 0.586. The summed E-state index contributed by atoms with van der Waals surface area (Å²) in [4.78, 5) is 7.22. The molecule has 184 valence electrons. The van der Waals surface area contributed by atoms with Crippen molar-refractivity contribution in [1.82, 2.24) is 14.7 Å². The van der Waals surface area contributed by atoms with Gasteiger partial charge in [-0.15, -0.1) is 0 Å². The van der Waals surface area contributed by atoms with E-state index in [9.17, 15) is 5.11 Å². The van der Waals surface area contributed by atoms with Gasteiger partial charge < -0.3 is 9.84 Å². The van der Waals surface area contributed by atoms with Crippen molar-refractivity contribution in [3.05, 3.63) is 65.7 Å².